The van der Waals surface area contributed by atoms with Crippen molar-refractivity contribution in [2.45, 2.75) is 48.0 Å². The van der Waals surface area contributed by atoms with Crippen LogP contribution in [-0.4, -0.2) is 55.6 Å². The zero-order chi connectivity index (χ0) is 31.3. The first-order valence-corrected chi connectivity index (χ1v) is 13.2. The number of hydrogen-bond donors (Lipinski definition) is 2. The highest BCUT2D eigenvalue weighted by Crippen LogP contribution is 2.41. The molecule has 3 aromatic carbocycles. The van der Waals surface area contributed by atoms with Crippen LogP contribution >= 0.6 is 0 Å². The molecule has 0 aliphatic heterocycles. The normalized spacial score (nSPS) is 10.7. The van der Waals surface area contributed by atoms with Gasteiger partial charge in [0, 0.05) is 17.5 Å². The largest absolute Gasteiger partial charge is 0.495 e. The van der Waals surface area contributed by atoms with Gasteiger partial charge >= 0.3 is 17.9 Å². The Hall–Kier alpha value is -4.73. The van der Waals surface area contributed by atoms with Crippen molar-refractivity contribution >= 4 is 17.9 Å². The summed E-state index contributed by atoms with van der Waals surface area (Å²) in [5.41, 5.74) is 3.80. The molecule has 0 saturated carbocycles. The molecule has 10 nitrogen and oxygen atoms in total. The van der Waals surface area contributed by atoms with Crippen LogP contribution < -0.4 is 23.7 Å². The third-order valence-corrected chi connectivity index (χ3v) is 7.30. The predicted molar refractivity (Wildman–Crippen MR) is 155 cm³/mol. The zero-order valence-corrected chi connectivity index (χ0v) is 25.1. The van der Waals surface area contributed by atoms with E-state index in [2.05, 4.69) is 0 Å². The third kappa shape index (κ3) is 6.27. The molecule has 0 unspecified atom stereocenters. The van der Waals surface area contributed by atoms with E-state index in [-0.39, 0.29) is 28.2 Å². The zero-order valence-electron chi connectivity index (χ0n) is 25.1. The molecule has 0 fully saturated rings. The molecule has 0 aromatic heterocycles. The monoisotopic (exact) mass is 580 g/mol. The maximum Gasteiger partial charge on any atom is 0.347 e. The molecule has 3 rings (SSSR count). The van der Waals surface area contributed by atoms with E-state index in [9.17, 15) is 19.5 Å². The molecule has 0 aliphatic rings. The Bertz CT molecular complexity index is 1520. The summed E-state index contributed by atoms with van der Waals surface area (Å²) in [5.74, 6) is -0.960. The van der Waals surface area contributed by atoms with Gasteiger partial charge in [-0.05, 0) is 88.1 Å². The molecular weight excluding hydrogens is 544 g/mol. The molecule has 0 heterocycles. The molecule has 0 saturated heterocycles. The number of carbonyl (C=O) groups excluding carboxylic acids is 1. The minimum absolute atomic E-state index is 0.0238. The van der Waals surface area contributed by atoms with Gasteiger partial charge in [-0.2, -0.15) is 0 Å². The number of rotatable bonds is 12. The number of benzene rings is 3. The van der Waals surface area contributed by atoms with Gasteiger partial charge in [0.25, 0.3) is 0 Å². The summed E-state index contributed by atoms with van der Waals surface area (Å²) in [4.78, 5) is 36.5. The predicted octanol–water partition coefficient (Wildman–Crippen LogP) is 6.02. The maximum atomic E-state index is 13.6. The van der Waals surface area contributed by atoms with Gasteiger partial charge in [0.1, 0.15) is 39.9 Å². The first kappa shape index (κ1) is 31.8. The van der Waals surface area contributed by atoms with E-state index in [1.807, 2.05) is 6.92 Å². The number of carbonyl (C=O) groups is 3. The topological polar surface area (TPSA) is 138 Å². The van der Waals surface area contributed by atoms with E-state index in [1.54, 1.807) is 46.8 Å². The van der Waals surface area contributed by atoms with Crippen molar-refractivity contribution < 1.29 is 48.3 Å². The lowest BCUT2D eigenvalue weighted by Gasteiger charge is -2.22. The first-order valence-electron chi connectivity index (χ1n) is 13.2. The molecule has 0 aliphatic carbocycles. The van der Waals surface area contributed by atoms with Gasteiger partial charge < -0.3 is 33.9 Å². The average Bonchev–Trinajstić information content (AvgIpc) is 2.95. The summed E-state index contributed by atoms with van der Waals surface area (Å²) >= 11 is 0. The summed E-state index contributed by atoms with van der Waals surface area (Å²) in [6.07, 6.45) is 0.552. The van der Waals surface area contributed by atoms with Crippen molar-refractivity contribution in [2.24, 2.45) is 0 Å². The van der Waals surface area contributed by atoms with Crippen molar-refractivity contribution in [2.75, 3.05) is 27.4 Å². The van der Waals surface area contributed by atoms with Gasteiger partial charge in [-0.15, -0.1) is 0 Å². The van der Waals surface area contributed by atoms with Crippen LogP contribution in [0, 0.1) is 41.5 Å². The number of ether oxygens (including phenoxy) is 5. The molecule has 0 bridgehead atoms. The Balaban J connectivity index is 1.82. The Morgan fingerprint density at radius 1 is 0.595 bits per heavy atom. The van der Waals surface area contributed by atoms with E-state index in [0.29, 0.717) is 64.7 Å². The third-order valence-electron chi connectivity index (χ3n) is 7.30. The smallest absolute Gasteiger partial charge is 0.347 e. The van der Waals surface area contributed by atoms with Gasteiger partial charge in [0.05, 0.1) is 33.0 Å². The minimum atomic E-state index is -1.13. The van der Waals surface area contributed by atoms with E-state index in [1.165, 1.54) is 26.4 Å². The molecular formula is C32H36O10. The highest BCUT2D eigenvalue weighted by Gasteiger charge is 2.29. The standard InChI is InChI=1S/C32H36O10/c1-16-19(4)27(21(6)28(38-7)24(16)31(35)36)42-32(37)25-17(2)18(3)26(20(5)29(25)39-8)41-15-9-14-40-23-12-10-22(11-13-23)30(33)34/h10-13H,9,14-15H2,1-8H3,(H,33,34)(H,35,36). The fourth-order valence-electron chi connectivity index (χ4n) is 4.84. The highest BCUT2D eigenvalue weighted by atomic mass is 16.5. The number of carboxylic acids is 2. The molecule has 0 radical (unpaired) electrons. The van der Waals surface area contributed by atoms with Crippen LogP contribution in [-0.2, 0) is 0 Å². The number of esters is 1. The lowest BCUT2D eigenvalue weighted by molar-refractivity contribution is 0.0682. The molecule has 10 heteroatoms. The SMILES string of the molecule is COc1c(C)c(OC(=O)c2c(C)c(C)c(OCCCOc3ccc(C(=O)O)cc3)c(C)c2OC)c(C)c(C)c1C(=O)O. The highest BCUT2D eigenvalue weighted by molar-refractivity contribution is 5.99. The van der Waals surface area contributed by atoms with Crippen molar-refractivity contribution in [1.82, 2.24) is 0 Å². The molecule has 2 N–H and O–H groups in total. The minimum Gasteiger partial charge on any atom is -0.495 e. The average molecular weight is 581 g/mol. The lowest BCUT2D eigenvalue weighted by Crippen LogP contribution is -2.17. The van der Waals surface area contributed by atoms with Crippen LogP contribution in [0.4, 0.5) is 0 Å². The Morgan fingerprint density at radius 2 is 1.10 bits per heavy atom. The summed E-state index contributed by atoms with van der Waals surface area (Å²) < 4.78 is 28.7. The molecule has 224 valence electrons. The number of hydrogen-bond acceptors (Lipinski definition) is 8. The van der Waals surface area contributed by atoms with Gasteiger partial charge in [-0.3, -0.25) is 0 Å². The van der Waals surface area contributed by atoms with Crippen LogP contribution in [0.25, 0.3) is 0 Å². The Labute approximate surface area is 244 Å². The Kier molecular flexibility index (Phi) is 10.1. The number of carboxylic acid groups (broad SMARTS) is 2. The molecule has 42 heavy (non-hydrogen) atoms. The number of methoxy groups -OCH3 is 2. The second kappa shape index (κ2) is 13.3. The van der Waals surface area contributed by atoms with Crippen molar-refractivity contribution in [3.05, 3.63) is 74.3 Å². The van der Waals surface area contributed by atoms with Crippen LogP contribution in [0.1, 0.15) is 70.9 Å². The second-order valence-corrected chi connectivity index (χ2v) is 9.80. The summed E-state index contributed by atoms with van der Waals surface area (Å²) in [5, 5.41) is 18.7. The first-order chi connectivity index (χ1) is 19.8. The summed E-state index contributed by atoms with van der Waals surface area (Å²) in [7, 11) is 2.84. The van der Waals surface area contributed by atoms with Crippen molar-refractivity contribution in [1.29, 1.82) is 0 Å². The summed E-state index contributed by atoms with van der Waals surface area (Å²) in [6, 6.07) is 6.17. The van der Waals surface area contributed by atoms with Gasteiger partial charge in [0.2, 0.25) is 0 Å². The molecule has 0 amide bonds. The number of aromatic carboxylic acids is 2. The van der Waals surface area contributed by atoms with E-state index >= 15 is 0 Å². The van der Waals surface area contributed by atoms with Crippen LogP contribution in [0.5, 0.6) is 28.7 Å². The van der Waals surface area contributed by atoms with E-state index in [4.69, 9.17) is 28.8 Å². The fraction of sp³-hybridized carbons (Fsp3) is 0.344. The van der Waals surface area contributed by atoms with Gasteiger partial charge in [0.15, 0.2) is 0 Å². The Morgan fingerprint density at radius 3 is 1.64 bits per heavy atom. The van der Waals surface area contributed by atoms with E-state index < -0.39 is 17.9 Å². The van der Waals surface area contributed by atoms with Gasteiger partial charge in [-0.1, -0.05) is 0 Å². The summed E-state index contributed by atoms with van der Waals surface area (Å²) in [6.45, 7) is 11.1. The molecule has 3 aromatic rings. The quantitative estimate of drug-likeness (QED) is 0.149. The fourth-order valence-corrected chi connectivity index (χ4v) is 4.84. The van der Waals surface area contributed by atoms with Crippen molar-refractivity contribution in [3.8, 4) is 28.7 Å². The molecule has 0 spiro atoms. The maximum absolute atomic E-state index is 13.6. The van der Waals surface area contributed by atoms with Crippen LogP contribution in [0.2, 0.25) is 0 Å². The van der Waals surface area contributed by atoms with Crippen LogP contribution in [0.3, 0.4) is 0 Å². The second-order valence-electron chi connectivity index (χ2n) is 9.80. The van der Waals surface area contributed by atoms with Gasteiger partial charge in [-0.25, -0.2) is 14.4 Å². The lowest BCUT2D eigenvalue weighted by atomic mass is 9.96. The van der Waals surface area contributed by atoms with Crippen LogP contribution in [0.15, 0.2) is 24.3 Å². The molecule has 0 atom stereocenters. The van der Waals surface area contributed by atoms with E-state index in [0.717, 1.165) is 5.56 Å². The van der Waals surface area contributed by atoms with Crippen molar-refractivity contribution in [3.63, 3.8) is 0 Å².